The minimum absolute atomic E-state index is 0.0946. The van der Waals surface area contributed by atoms with Crippen LogP contribution in [0.15, 0.2) is 40.1 Å². The molecule has 0 fully saturated rings. The molecular formula is C20H23N5O3S. The predicted octanol–water partition coefficient (Wildman–Crippen LogP) is 2.85. The summed E-state index contributed by atoms with van der Waals surface area (Å²) in [7, 11) is 1.80. The molecule has 152 valence electrons. The van der Waals surface area contributed by atoms with Crippen LogP contribution in [-0.4, -0.2) is 38.9 Å². The summed E-state index contributed by atoms with van der Waals surface area (Å²) in [5.74, 6) is 0.790. The Bertz CT molecular complexity index is 1000. The summed E-state index contributed by atoms with van der Waals surface area (Å²) in [6.07, 6.45) is 1.56. The van der Waals surface area contributed by atoms with E-state index in [1.807, 2.05) is 32.9 Å². The van der Waals surface area contributed by atoms with Crippen molar-refractivity contribution < 1.29 is 14.0 Å². The second kappa shape index (κ2) is 8.95. The molecule has 0 bridgehead atoms. The number of nitrogens with one attached hydrogen (secondary N) is 2. The fraction of sp³-hybridized carbons (Fsp3) is 0.300. The highest BCUT2D eigenvalue weighted by molar-refractivity contribution is 7.99. The van der Waals surface area contributed by atoms with Gasteiger partial charge in [0.2, 0.25) is 11.8 Å². The van der Waals surface area contributed by atoms with Crippen molar-refractivity contribution >= 4 is 29.3 Å². The van der Waals surface area contributed by atoms with E-state index in [0.29, 0.717) is 16.7 Å². The SMILES string of the molecule is Cc1cc(C)c(NC(=O)CNC(=O)CSc2nnc(-c3ccco3)n2C)c(C)c1. The van der Waals surface area contributed by atoms with Gasteiger partial charge >= 0.3 is 0 Å². The van der Waals surface area contributed by atoms with Crippen LogP contribution >= 0.6 is 11.8 Å². The molecule has 2 heterocycles. The molecule has 8 nitrogen and oxygen atoms in total. The van der Waals surface area contributed by atoms with Gasteiger partial charge in [0.25, 0.3) is 0 Å². The maximum absolute atomic E-state index is 12.2. The van der Waals surface area contributed by atoms with Gasteiger partial charge in [-0.2, -0.15) is 0 Å². The highest BCUT2D eigenvalue weighted by Crippen LogP contribution is 2.23. The minimum Gasteiger partial charge on any atom is -0.461 e. The van der Waals surface area contributed by atoms with Gasteiger partial charge < -0.3 is 19.6 Å². The first kappa shape index (κ1) is 20.7. The van der Waals surface area contributed by atoms with Crippen molar-refractivity contribution in [3.8, 4) is 11.6 Å². The molecule has 0 aliphatic rings. The van der Waals surface area contributed by atoms with Crippen LogP contribution in [0.3, 0.4) is 0 Å². The Morgan fingerprint density at radius 1 is 1.14 bits per heavy atom. The molecule has 0 atom stereocenters. The molecule has 2 amide bonds. The molecular weight excluding hydrogens is 390 g/mol. The summed E-state index contributed by atoms with van der Waals surface area (Å²) >= 11 is 1.24. The van der Waals surface area contributed by atoms with Gasteiger partial charge in [0, 0.05) is 12.7 Å². The summed E-state index contributed by atoms with van der Waals surface area (Å²) in [4.78, 5) is 24.3. The molecule has 2 N–H and O–H groups in total. The smallest absolute Gasteiger partial charge is 0.243 e. The van der Waals surface area contributed by atoms with Gasteiger partial charge in [-0.05, 0) is 44.0 Å². The van der Waals surface area contributed by atoms with Crippen LogP contribution in [0, 0.1) is 20.8 Å². The number of carbonyl (C=O) groups is 2. The van der Waals surface area contributed by atoms with Gasteiger partial charge in [0.15, 0.2) is 16.7 Å². The highest BCUT2D eigenvalue weighted by Gasteiger charge is 2.15. The van der Waals surface area contributed by atoms with Crippen LogP contribution in [0.5, 0.6) is 0 Å². The number of carbonyl (C=O) groups excluding carboxylic acids is 2. The van der Waals surface area contributed by atoms with Crippen LogP contribution < -0.4 is 10.6 Å². The number of aryl methyl sites for hydroxylation is 3. The second-order valence-electron chi connectivity index (χ2n) is 6.73. The van der Waals surface area contributed by atoms with Crippen molar-refractivity contribution in [1.82, 2.24) is 20.1 Å². The van der Waals surface area contributed by atoms with Crippen molar-refractivity contribution in [2.24, 2.45) is 7.05 Å². The Hall–Kier alpha value is -3.07. The number of hydrogen-bond donors (Lipinski definition) is 2. The average Bonchev–Trinajstić information content (AvgIpc) is 3.31. The summed E-state index contributed by atoms with van der Waals surface area (Å²) in [5.41, 5.74) is 3.91. The Morgan fingerprint density at radius 2 is 1.86 bits per heavy atom. The lowest BCUT2D eigenvalue weighted by Gasteiger charge is -2.13. The molecule has 3 rings (SSSR count). The summed E-state index contributed by atoms with van der Waals surface area (Å²) < 4.78 is 7.08. The monoisotopic (exact) mass is 413 g/mol. The highest BCUT2D eigenvalue weighted by atomic mass is 32.2. The molecule has 1 aromatic carbocycles. The van der Waals surface area contributed by atoms with Gasteiger partial charge in [-0.25, -0.2) is 0 Å². The van der Waals surface area contributed by atoms with Crippen LogP contribution in [0.1, 0.15) is 16.7 Å². The van der Waals surface area contributed by atoms with Crippen molar-refractivity contribution in [3.63, 3.8) is 0 Å². The van der Waals surface area contributed by atoms with Crippen molar-refractivity contribution in [3.05, 3.63) is 47.2 Å². The van der Waals surface area contributed by atoms with E-state index >= 15 is 0 Å². The Morgan fingerprint density at radius 3 is 2.52 bits per heavy atom. The number of amides is 2. The predicted molar refractivity (Wildman–Crippen MR) is 112 cm³/mol. The third-order valence-electron chi connectivity index (χ3n) is 4.30. The lowest BCUT2D eigenvalue weighted by molar-refractivity contribution is -0.122. The Labute approximate surface area is 173 Å². The molecule has 0 radical (unpaired) electrons. The van der Waals surface area contributed by atoms with E-state index in [0.717, 1.165) is 22.4 Å². The van der Waals surface area contributed by atoms with Crippen LogP contribution in [0.25, 0.3) is 11.6 Å². The lowest BCUT2D eigenvalue weighted by atomic mass is 10.1. The first-order valence-electron chi connectivity index (χ1n) is 9.05. The van der Waals surface area contributed by atoms with Crippen LogP contribution in [-0.2, 0) is 16.6 Å². The normalized spacial score (nSPS) is 10.8. The summed E-state index contributed by atoms with van der Waals surface area (Å²) in [6.45, 7) is 5.81. The van der Waals surface area contributed by atoms with Crippen molar-refractivity contribution in [2.45, 2.75) is 25.9 Å². The van der Waals surface area contributed by atoms with E-state index in [4.69, 9.17) is 4.42 Å². The number of furan rings is 1. The molecule has 0 saturated carbocycles. The fourth-order valence-corrected chi connectivity index (χ4v) is 3.72. The van der Waals surface area contributed by atoms with Gasteiger partial charge in [-0.1, -0.05) is 29.5 Å². The molecule has 0 saturated heterocycles. The van der Waals surface area contributed by atoms with E-state index in [1.54, 1.807) is 30.0 Å². The van der Waals surface area contributed by atoms with Gasteiger partial charge in [-0.15, -0.1) is 10.2 Å². The zero-order valence-electron chi connectivity index (χ0n) is 16.8. The number of thioether (sulfide) groups is 1. The second-order valence-corrected chi connectivity index (χ2v) is 7.67. The third kappa shape index (κ3) is 5.05. The maximum Gasteiger partial charge on any atom is 0.243 e. The molecule has 3 aromatic rings. The molecule has 29 heavy (non-hydrogen) atoms. The van der Waals surface area contributed by atoms with Gasteiger partial charge in [0.1, 0.15) is 0 Å². The Kier molecular flexibility index (Phi) is 6.38. The molecule has 2 aromatic heterocycles. The molecule has 0 unspecified atom stereocenters. The molecule has 0 aliphatic carbocycles. The summed E-state index contributed by atoms with van der Waals surface area (Å²) in [6, 6.07) is 7.58. The largest absolute Gasteiger partial charge is 0.461 e. The van der Waals surface area contributed by atoms with E-state index < -0.39 is 0 Å². The Balaban J connectivity index is 1.49. The zero-order valence-corrected chi connectivity index (χ0v) is 17.6. The number of anilines is 1. The molecule has 0 aliphatic heterocycles. The first-order valence-corrected chi connectivity index (χ1v) is 10.0. The number of rotatable bonds is 7. The van der Waals surface area contributed by atoms with Crippen molar-refractivity contribution in [2.75, 3.05) is 17.6 Å². The molecule has 9 heteroatoms. The molecule has 0 spiro atoms. The number of aromatic nitrogens is 3. The van der Waals surface area contributed by atoms with Gasteiger partial charge in [0.05, 0.1) is 18.6 Å². The van der Waals surface area contributed by atoms with E-state index in [-0.39, 0.29) is 24.1 Å². The first-order chi connectivity index (χ1) is 13.8. The zero-order chi connectivity index (χ0) is 21.0. The standard InChI is InChI=1S/C20H23N5O3S/c1-12-8-13(2)18(14(3)9-12)22-16(26)10-21-17(27)11-29-20-24-23-19(25(20)4)15-6-5-7-28-15/h5-9H,10-11H2,1-4H3,(H,21,27)(H,22,26). The average molecular weight is 414 g/mol. The van der Waals surface area contributed by atoms with Crippen LogP contribution in [0.2, 0.25) is 0 Å². The number of nitrogens with zero attached hydrogens (tertiary/aromatic N) is 3. The quantitative estimate of drug-likeness (QED) is 0.578. The fourth-order valence-electron chi connectivity index (χ4n) is 2.98. The third-order valence-corrected chi connectivity index (χ3v) is 5.32. The maximum atomic E-state index is 12.2. The van der Waals surface area contributed by atoms with E-state index in [9.17, 15) is 9.59 Å². The minimum atomic E-state index is -0.267. The van der Waals surface area contributed by atoms with Crippen molar-refractivity contribution in [1.29, 1.82) is 0 Å². The lowest BCUT2D eigenvalue weighted by Crippen LogP contribution is -2.34. The summed E-state index contributed by atoms with van der Waals surface area (Å²) in [5, 5.41) is 14.2. The number of hydrogen-bond acceptors (Lipinski definition) is 6. The van der Waals surface area contributed by atoms with E-state index in [2.05, 4.69) is 20.8 Å². The van der Waals surface area contributed by atoms with Gasteiger partial charge in [-0.3, -0.25) is 9.59 Å². The van der Waals surface area contributed by atoms with E-state index in [1.165, 1.54) is 11.8 Å². The van der Waals surface area contributed by atoms with Crippen LogP contribution in [0.4, 0.5) is 5.69 Å². The topological polar surface area (TPSA) is 102 Å². The number of benzene rings is 1.